The average molecular weight is 392 g/mol. The largest absolute Gasteiger partial charge is 0.385 e. The summed E-state index contributed by atoms with van der Waals surface area (Å²) in [6, 6.07) is 5.84. The molecule has 0 atom stereocenters. The fourth-order valence-electron chi connectivity index (χ4n) is 2.92. The van der Waals surface area contributed by atoms with Crippen molar-refractivity contribution in [1.29, 1.82) is 0 Å². The van der Waals surface area contributed by atoms with Crippen molar-refractivity contribution in [2.24, 2.45) is 0 Å². The van der Waals surface area contributed by atoms with Crippen molar-refractivity contribution in [2.75, 3.05) is 50.5 Å². The molecule has 10 heteroatoms. The van der Waals surface area contributed by atoms with Gasteiger partial charge in [-0.25, -0.2) is 14.9 Å². The SMILES string of the molecule is COCCCn1c(SCC(=O)N2CCN(c3ccccn3)CC2)n[nH]c1=O. The van der Waals surface area contributed by atoms with Gasteiger partial charge in [0, 0.05) is 52.6 Å². The summed E-state index contributed by atoms with van der Waals surface area (Å²) in [5, 5.41) is 7.01. The molecule has 0 bridgehead atoms. The van der Waals surface area contributed by atoms with Crippen LogP contribution in [0.15, 0.2) is 34.3 Å². The van der Waals surface area contributed by atoms with Gasteiger partial charge in [0.1, 0.15) is 5.82 Å². The van der Waals surface area contributed by atoms with E-state index >= 15 is 0 Å². The van der Waals surface area contributed by atoms with Gasteiger partial charge < -0.3 is 14.5 Å². The maximum absolute atomic E-state index is 12.5. The number of hydrogen-bond donors (Lipinski definition) is 1. The number of pyridine rings is 1. The molecule has 146 valence electrons. The first kappa shape index (κ1) is 19.4. The molecule has 2 aromatic rings. The monoisotopic (exact) mass is 392 g/mol. The number of carbonyl (C=O) groups is 1. The van der Waals surface area contributed by atoms with Crippen LogP contribution in [0.4, 0.5) is 5.82 Å². The van der Waals surface area contributed by atoms with Crippen molar-refractivity contribution in [1.82, 2.24) is 24.6 Å². The van der Waals surface area contributed by atoms with Gasteiger partial charge in [0.2, 0.25) is 5.91 Å². The minimum atomic E-state index is -0.259. The van der Waals surface area contributed by atoms with Crippen molar-refractivity contribution in [3.8, 4) is 0 Å². The van der Waals surface area contributed by atoms with Gasteiger partial charge in [0.05, 0.1) is 5.75 Å². The van der Waals surface area contributed by atoms with Crippen LogP contribution >= 0.6 is 11.8 Å². The van der Waals surface area contributed by atoms with Crippen LogP contribution in [0.2, 0.25) is 0 Å². The highest BCUT2D eigenvalue weighted by molar-refractivity contribution is 7.99. The Bertz CT molecular complexity index is 785. The van der Waals surface area contributed by atoms with E-state index in [0.717, 1.165) is 18.9 Å². The van der Waals surface area contributed by atoms with Crippen molar-refractivity contribution in [2.45, 2.75) is 18.1 Å². The number of aromatic nitrogens is 4. The van der Waals surface area contributed by atoms with Gasteiger partial charge in [-0.05, 0) is 18.6 Å². The van der Waals surface area contributed by atoms with Crippen LogP contribution in [-0.2, 0) is 16.1 Å². The first-order chi connectivity index (χ1) is 13.2. The Morgan fingerprint density at radius 3 is 2.81 bits per heavy atom. The molecule has 0 aliphatic carbocycles. The minimum absolute atomic E-state index is 0.0551. The molecule has 1 aliphatic heterocycles. The predicted molar refractivity (Wildman–Crippen MR) is 103 cm³/mol. The summed E-state index contributed by atoms with van der Waals surface area (Å²) in [6.45, 7) is 3.94. The summed E-state index contributed by atoms with van der Waals surface area (Å²) < 4.78 is 6.57. The molecule has 3 rings (SSSR count). The topological polar surface area (TPSA) is 96.3 Å². The van der Waals surface area contributed by atoms with Crippen molar-refractivity contribution >= 4 is 23.5 Å². The molecule has 1 aliphatic rings. The molecule has 1 fully saturated rings. The zero-order chi connectivity index (χ0) is 19.1. The Hall–Kier alpha value is -2.33. The lowest BCUT2D eigenvalue weighted by Crippen LogP contribution is -2.49. The van der Waals surface area contributed by atoms with E-state index < -0.39 is 0 Å². The van der Waals surface area contributed by atoms with Gasteiger partial charge in [-0.2, -0.15) is 0 Å². The standard InChI is InChI=1S/C17H24N6O3S/c1-26-12-4-7-23-16(25)19-20-17(23)27-13-15(24)22-10-8-21(9-11-22)14-5-2-3-6-18-14/h2-3,5-6H,4,7-13H2,1H3,(H,19,25). The number of rotatable bonds is 8. The Labute approximate surface area is 161 Å². The molecule has 0 saturated carbocycles. The molecule has 2 aromatic heterocycles. The first-order valence-electron chi connectivity index (χ1n) is 8.89. The van der Waals surface area contributed by atoms with E-state index in [-0.39, 0.29) is 17.3 Å². The van der Waals surface area contributed by atoms with E-state index in [4.69, 9.17) is 4.74 Å². The number of methoxy groups -OCH3 is 1. The van der Waals surface area contributed by atoms with Crippen molar-refractivity contribution in [3.63, 3.8) is 0 Å². The molecule has 0 aromatic carbocycles. The molecule has 3 heterocycles. The number of H-pyrrole nitrogens is 1. The second-order valence-electron chi connectivity index (χ2n) is 6.15. The second-order valence-corrected chi connectivity index (χ2v) is 7.10. The Kier molecular flexibility index (Phi) is 6.88. The highest BCUT2D eigenvalue weighted by atomic mass is 32.2. The van der Waals surface area contributed by atoms with Gasteiger partial charge in [-0.1, -0.05) is 17.8 Å². The average Bonchev–Trinajstić information content (AvgIpc) is 3.07. The van der Waals surface area contributed by atoms with Crippen LogP contribution in [0.3, 0.4) is 0 Å². The fraction of sp³-hybridized carbons (Fsp3) is 0.529. The van der Waals surface area contributed by atoms with Crippen LogP contribution in [0.5, 0.6) is 0 Å². The molecular weight excluding hydrogens is 368 g/mol. The molecule has 1 N–H and O–H groups in total. The van der Waals surface area contributed by atoms with Crippen molar-refractivity contribution in [3.05, 3.63) is 34.9 Å². The van der Waals surface area contributed by atoms with E-state index in [9.17, 15) is 9.59 Å². The maximum Gasteiger partial charge on any atom is 0.343 e. The summed E-state index contributed by atoms with van der Waals surface area (Å²) in [5.74, 6) is 1.26. The van der Waals surface area contributed by atoms with Crippen LogP contribution < -0.4 is 10.6 Å². The van der Waals surface area contributed by atoms with Gasteiger partial charge >= 0.3 is 5.69 Å². The van der Waals surface area contributed by atoms with Crippen LogP contribution in [0, 0.1) is 0 Å². The van der Waals surface area contributed by atoms with E-state index in [0.29, 0.717) is 37.8 Å². The lowest BCUT2D eigenvalue weighted by atomic mass is 10.3. The van der Waals surface area contributed by atoms with E-state index in [1.807, 2.05) is 23.1 Å². The number of piperazine rings is 1. The number of aromatic amines is 1. The summed E-state index contributed by atoms with van der Waals surface area (Å²) in [5.41, 5.74) is -0.259. The number of ether oxygens (including phenoxy) is 1. The highest BCUT2D eigenvalue weighted by Crippen LogP contribution is 2.17. The summed E-state index contributed by atoms with van der Waals surface area (Å²) in [7, 11) is 1.63. The predicted octanol–water partition coefficient (Wildman–Crippen LogP) is 0.444. The van der Waals surface area contributed by atoms with Gasteiger partial charge in [0.25, 0.3) is 0 Å². The van der Waals surface area contributed by atoms with Crippen LogP contribution in [0.25, 0.3) is 0 Å². The quantitative estimate of drug-likeness (QED) is 0.514. The van der Waals surface area contributed by atoms with E-state index in [2.05, 4.69) is 20.1 Å². The fourth-order valence-corrected chi connectivity index (χ4v) is 3.80. The number of hydrogen-bond acceptors (Lipinski definition) is 7. The summed E-state index contributed by atoms with van der Waals surface area (Å²) >= 11 is 1.29. The third-order valence-electron chi connectivity index (χ3n) is 4.38. The van der Waals surface area contributed by atoms with Gasteiger partial charge in [0.15, 0.2) is 5.16 Å². The molecule has 27 heavy (non-hydrogen) atoms. The molecule has 9 nitrogen and oxygen atoms in total. The summed E-state index contributed by atoms with van der Waals surface area (Å²) in [4.78, 5) is 32.7. The zero-order valence-electron chi connectivity index (χ0n) is 15.3. The van der Waals surface area contributed by atoms with E-state index in [1.165, 1.54) is 11.8 Å². The summed E-state index contributed by atoms with van der Waals surface area (Å²) in [6.07, 6.45) is 2.49. The number of amides is 1. The number of thioether (sulfide) groups is 1. The smallest absolute Gasteiger partial charge is 0.343 e. The van der Waals surface area contributed by atoms with E-state index in [1.54, 1.807) is 17.9 Å². The zero-order valence-corrected chi connectivity index (χ0v) is 16.2. The second kappa shape index (κ2) is 9.56. The molecule has 1 amide bonds. The Morgan fingerprint density at radius 1 is 1.30 bits per heavy atom. The maximum atomic E-state index is 12.5. The lowest BCUT2D eigenvalue weighted by Gasteiger charge is -2.35. The minimum Gasteiger partial charge on any atom is -0.385 e. The van der Waals surface area contributed by atoms with Crippen molar-refractivity contribution < 1.29 is 9.53 Å². The number of anilines is 1. The normalized spacial score (nSPS) is 14.6. The number of nitrogens with zero attached hydrogens (tertiary/aromatic N) is 5. The number of nitrogens with one attached hydrogen (secondary N) is 1. The Balaban J connectivity index is 1.48. The van der Waals surface area contributed by atoms with Gasteiger partial charge in [-0.3, -0.25) is 9.36 Å². The molecule has 0 radical (unpaired) electrons. The first-order valence-corrected chi connectivity index (χ1v) is 9.88. The van der Waals surface area contributed by atoms with Gasteiger partial charge in [-0.15, -0.1) is 5.10 Å². The number of carbonyl (C=O) groups excluding carboxylic acids is 1. The third-order valence-corrected chi connectivity index (χ3v) is 5.34. The highest BCUT2D eigenvalue weighted by Gasteiger charge is 2.22. The lowest BCUT2D eigenvalue weighted by molar-refractivity contribution is -0.128. The van der Waals surface area contributed by atoms with Crippen LogP contribution in [0.1, 0.15) is 6.42 Å². The van der Waals surface area contributed by atoms with Crippen LogP contribution in [-0.4, -0.2) is 76.2 Å². The third kappa shape index (κ3) is 5.10. The molecule has 0 unspecified atom stereocenters. The molecular formula is C17H24N6O3S. The molecule has 1 saturated heterocycles. The molecule has 0 spiro atoms. The Morgan fingerprint density at radius 2 is 2.11 bits per heavy atom.